The number of rotatable bonds is 7. The van der Waals surface area contributed by atoms with Gasteiger partial charge >= 0.3 is 5.97 Å². The van der Waals surface area contributed by atoms with Gasteiger partial charge in [-0.05, 0) is 6.92 Å². The molecular formula is C10H15N3O4. The molecule has 17 heavy (non-hydrogen) atoms. The smallest absolute Gasteiger partial charge is 0.329 e. The number of carbonyl (C=O) groups is 1. The Balaban J connectivity index is 2.42. The van der Waals surface area contributed by atoms with Crippen LogP contribution in [0.3, 0.4) is 0 Å². The third-order valence-corrected chi connectivity index (χ3v) is 2.02. The molecule has 0 radical (unpaired) electrons. The number of ether oxygens (including phenoxy) is 1. The molecule has 0 aliphatic rings. The predicted octanol–water partition coefficient (Wildman–Crippen LogP) is -0.224. The molecule has 1 rings (SSSR count). The number of nitrogens with one attached hydrogen (secondary N) is 1. The standard InChI is InChI=1S/C10H15N3O4/c1-2-13-5-3-11-9(10(13)16)12-4-6-17-7-8(14)15/h3,5H,2,4,6-7H2,1H3,(H,11,12)(H,14,15). The van der Waals surface area contributed by atoms with Crippen molar-refractivity contribution in [3.8, 4) is 0 Å². The van der Waals surface area contributed by atoms with E-state index in [4.69, 9.17) is 9.84 Å². The Morgan fingerprint density at radius 2 is 2.41 bits per heavy atom. The van der Waals surface area contributed by atoms with Crippen LogP contribution in [0.25, 0.3) is 0 Å². The van der Waals surface area contributed by atoms with E-state index in [1.54, 1.807) is 6.20 Å². The van der Waals surface area contributed by atoms with Crippen molar-refractivity contribution in [3.63, 3.8) is 0 Å². The molecule has 0 spiro atoms. The van der Waals surface area contributed by atoms with Crippen molar-refractivity contribution >= 4 is 11.8 Å². The van der Waals surface area contributed by atoms with Crippen LogP contribution >= 0.6 is 0 Å². The van der Waals surface area contributed by atoms with Gasteiger partial charge in [-0.2, -0.15) is 0 Å². The molecule has 0 unspecified atom stereocenters. The highest BCUT2D eigenvalue weighted by molar-refractivity contribution is 5.67. The summed E-state index contributed by atoms with van der Waals surface area (Å²) in [5.74, 6) is -0.774. The number of anilines is 1. The molecule has 7 heteroatoms. The minimum atomic E-state index is -1.02. The minimum absolute atomic E-state index is 0.201. The topological polar surface area (TPSA) is 93.4 Å². The number of nitrogens with zero attached hydrogens (tertiary/aromatic N) is 2. The third kappa shape index (κ3) is 4.23. The number of aliphatic carboxylic acids is 1. The van der Waals surface area contributed by atoms with Gasteiger partial charge in [0.05, 0.1) is 6.61 Å². The highest BCUT2D eigenvalue weighted by Crippen LogP contribution is 1.92. The van der Waals surface area contributed by atoms with Crippen LogP contribution in [-0.2, 0) is 16.1 Å². The average molecular weight is 241 g/mol. The lowest BCUT2D eigenvalue weighted by Gasteiger charge is -2.07. The highest BCUT2D eigenvalue weighted by Gasteiger charge is 2.02. The summed E-state index contributed by atoms with van der Waals surface area (Å²) in [6.45, 7) is 2.63. The van der Waals surface area contributed by atoms with Gasteiger partial charge in [-0.25, -0.2) is 9.78 Å². The van der Waals surface area contributed by atoms with E-state index in [-0.39, 0.29) is 24.6 Å². The second-order valence-electron chi connectivity index (χ2n) is 3.24. The zero-order valence-electron chi connectivity index (χ0n) is 9.55. The molecule has 0 aromatic carbocycles. The van der Waals surface area contributed by atoms with Crippen LogP contribution in [0.1, 0.15) is 6.92 Å². The van der Waals surface area contributed by atoms with Crippen molar-refractivity contribution < 1.29 is 14.6 Å². The fourth-order valence-corrected chi connectivity index (χ4v) is 1.22. The number of carboxylic acids is 1. The van der Waals surface area contributed by atoms with Crippen LogP contribution in [-0.4, -0.2) is 40.4 Å². The van der Waals surface area contributed by atoms with Crippen LogP contribution in [0.4, 0.5) is 5.82 Å². The second-order valence-corrected chi connectivity index (χ2v) is 3.24. The quantitative estimate of drug-likeness (QED) is 0.641. The van der Waals surface area contributed by atoms with E-state index in [0.717, 1.165) is 0 Å². The Kier molecular flexibility index (Phi) is 5.15. The molecule has 0 aliphatic carbocycles. The zero-order chi connectivity index (χ0) is 12.7. The minimum Gasteiger partial charge on any atom is -0.480 e. The van der Waals surface area contributed by atoms with Gasteiger partial charge in [-0.15, -0.1) is 0 Å². The summed E-state index contributed by atoms with van der Waals surface area (Å²) >= 11 is 0. The number of carboxylic acid groups (broad SMARTS) is 1. The van der Waals surface area contributed by atoms with Crippen LogP contribution in [0.5, 0.6) is 0 Å². The Labute approximate surface area is 98.1 Å². The summed E-state index contributed by atoms with van der Waals surface area (Å²) in [7, 11) is 0. The van der Waals surface area contributed by atoms with Gasteiger partial charge in [-0.3, -0.25) is 4.79 Å². The number of aromatic nitrogens is 2. The monoisotopic (exact) mass is 241 g/mol. The summed E-state index contributed by atoms with van der Waals surface area (Å²) < 4.78 is 6.34. The lowest BCUT2D eigenvalue weighted by molar-refractivity contribution is -0.142. The first kappa shape index (κ1) is 13.2. The SMILES string of the molecule is CCn1ccnc(NCCOCC(=O)O)c1=O. The Hall–Kier alpha value is -1.89. The third-order valence-electron chi connectivity index (χ3n) is 2.02. The Morgan fingerprint density at radius 3 is 3.06 bits per heavy atom. The summed E-state index contributed by atoms with van der Waals surface area (Å²) in [5.41, 5.74) is -0.201. The molecule has 0 amide bonds. The van der Waals surface area contributed by atoms with Gasteiger partial charge in [0.25, 0.3) is 5.56 Å². The lowest BCUT2D eigenvalue weighted by Crippen LogP contribution is -2.25. The van der Waals surface area contributed by atoms with Crippen LogP contribution < -0.4 is 10.9 Å². The van der Waals surface area contributed by atoms with Gasteiger partial charge in [-0.1, -0.05) is 0 Å². The molecule has 0 saturated carbocycles. The Morgan fingerprint density at radius 1 is 1.65 bits per heavy atom. The van der Waals surface area contributed by atoms with Crippen molar-refractivity contribution in [2.24, 2.45) is 0 Å². The summed E-state index contributed by atoms with van der Waals surface area (Å²) in [5, 5.41) is 11.1. The normalized spacial score (nSPS) is 10.2. The predicted molar refractivity (Wildman–Crippen MR) is 61.1 cm³/mol. The number of hydrogen-bond donors (Lipinski definition) is 2. The van der Waals surface area contributed by atoms with E-state index >= 15 is 0 Å². The van der Waals surface area contributed by atoms with Gasteiger partial charge in [0.2, 0.25) is 0 Å². The molecule has 1 aromatic heterocycles. The molecule has 2 N–H and O–H groups in total. The van der Waals surface area contributed by atoms with Gasteiger partial charge in [0, 0.05) is 25.5 Å². The maximum atomic E-state index is 11.7. The molecule has 94 valence electrons. The van der Waals surface area contributed by atoms with E-state index in [0.29, 0.717) is 13.1 Å². The molecule has 0 fully saturated rings. The van der Waals surface area contributed by atoms with Gasteiger partial charge < -0.3 is 19.7 Å². The second kappa shape index (κ2) is 6.64. The van der Waals surface area contributed by atoms with Crippen molar-refractivity contribution in [2.45, 2.75) is 13.5 Å². The first-order chi connectivity index (χ1) is 8.15. The number of aryl methyl sites for hydroxylation is 1. The first-order valence-corrected chi connectivity index (χ1v) is 5.24. The summed E-state index contributed by atoms with van der Waals surface area (Å²) in [4.78, 5) is 25.7. The molecule has 1 heterocycles. The molecule has 7 nitrogen and oxygen atoms in total. The van der Waals surface area contributed by atoms with E-state index in [2.05, 4.69) is 10.3 Å². The van der Waals surface area contributed by atoms with Crippen molar-refractivity contribution in [3.05, 3.63) is 22.7 Å². The Bertz CT molecular complexity index is 430. The molecule has 0 bridgehead atoms. The maximum Gasteiger partial charge on any atom is 0.329 e. The first-order valence-electron chi connectivity index (χ1n) is 5.24. The van der Waals surface area contributed by atoms with Crippen LogP contribution in [0.2, 0.25) is 0 Å². The van der Waals surface area contributed by atoms with E-state index < -0.39 is 5.97 Å². The molecular weight excluding hydrogens is 226 g/mol. The van der Waals surface area contributed by atoms with Crippen LogP contribution in [0.15, 0.2) is 17.2 Å². The molecule has 0 saturated heterocycles. The fraction of sp³-hybridized carbons (Fsp3) is 0.500. The van der Waals surface area contributed by atoms with Crippen molar-refractivity contribution in [2.75, 3.05) is 25.1 Å². The highest BCUT2D eigenvalue weighted by atomic mass is 16.5. The molecule has 0 aliphatic heterocycles. The molecule has 1 aromatic rings. The summed E-state index contributed by atoms with van der Waals surface area (Å²) in [6, 6.07) is 0. The van der Waals surface area contributed by atoms with E-state index in [9.17, 15) is 9.59 Å². The largest absolute Gasteiger partial charge is 0.480 e. The average Bonchev–Trinajstić information content (AvgIpc) is 2.30. The zero-order valence-corrected chi connectivity index (χ0v) is 9.55. The summed E-state index contributed by atoms with van der Waals surface area (Å²) in [6.07, 6.45) is 3.14. The fourth-order valence-electron chi connectivity index (χ4n) is 1.22. The van der Waals surface area contributed by atoms with Gasteiger partial charge in [0.15, 0.2) is 5.82 Å². The maximum absolute atomic E-state index is 11.7. The van der Waals surface area contributed by atoms with E-state index in [1.165, 1.54) is 10.8 Å². The van der Waals surface area contributed by atoms with Gasteiger partial charge in [0.1, 0.15) is 6.61 Å². The number of hydrogen-bond acceptors (Lipinski definition) is 5. The van der Waals surface area contributed by atoms with Crippen LogP contribution in [0, 0.1) is 0 Å². The molecule has 0 atom stereocenters. The van der Waals surface area contributed by atoms with Crippen molar-refractivity contribution in [1.29, 1.82) is 0 Å². The van der Waals surface area contributed by atoms with Crippen molar-refractivity contribution in [1.82, 2.24) is 9.55 Å². The van der Waals surface area contributed by atoms with E-state index in [1.807, 2.05) is 6.92 Å². The lowest BCUT2D eigenvalue weighted by atomic mass is 10.5.